The Morgan fingerprint density at radius 1 is 1.22 bits per heavy atom. The average molecular weight is 554 g/mol. The van der Waals surface area contributed by atoms with Crippen molar-refractivity contribution >= 4 is 40.6 Å². The molecule has 1 aliphatic heterocycles. The zero-order valence-corrected chi connectivity index (χ0v) is 23.4. The van der Waals surface area contributed by atoms with E-state index < -0.39 is 0 Å². The molecule has 2 unspecified atom stereocenters. The van der Waals surface area contributed by atoms with E-state index in [4.69, 9.17) is 21.0 Å². The Balaban J connectivity index is 1.21. The molecule has 192 valence electrons. The normalized spacial score (nSPS) is 22.5. The number of likely N-dealkylation sites (tertiary alicyclic amines) is 1. The molecule has 1 aliphatic carbocycles. The zero-order chi connectivity index (χ0) is 25.8. The second-order valence-electron chi connectivity index (χ2n) is 11.2. The van der Waals surface area contributed by atoms with E-state index in [0.717, 1.165) is 36.5 Å². The van der Waals surface area contributed by atoms with Crippen molar-refractivity contribution in [3.8, 4) is 17.3 Å². The summed E-state index contributed by atoms with van der Waals surface area (Å²) in [6.45, 7) is 7.79. The number of fused-ring (bicyclic) bond motifs is 2. The standard InChI is InChI=1S/C27H28ClN5O2S2/c1-26(2)11-19-12-27(3,15-26)16-32(19)24(34)20-13-36-22(29-20)14-37-25-31-30-23(21-8-5-9-35-21)33(25)18-7-4-6-17(28)10-18/h4-10,13,19H,11-12,14-16H2,1-3H3. The SMILES string of the molecule is CC1(C)CC2CC(C)(CN2C(=O)c2csc(CSc3nnc(-c4ccco4)n3-c3cccc(Cl)c3)n2)C1. The maximum Gasteiger partial charge on any atom is 0.273 e. The quantitative estimate of drug-likeness (QED) is 0.240. The first-order valence-electron chi connectivity index (χ1n) is 12.3. The number of rotatable bonds is 6. The van der Waals surface area contributed by atoms with Crippen molar-refractivity contribution in [1.29, 1.82) is 0 Å². The maximum absolute atomic E-state index is 13.5. The van der Waals surface area contributed by atoms with Gasteiger partial charge in [0.1, 0.15) is 10.7 Å². The average Bonchev–Trinajstić information content (AvgIpc) is 3.62. The van der Waals surface area contributed by atoms with Crippen LogP contribution in [0.25, 0.3) is 17.3 Å². The van der Waals surface area contributed by atoms with Crippen LogP contribution in [0.15, 0.2) is 57.6 Å². The molecule has 7 nitrogen and oxygen atoms in total. The third-order valence-corrected chi connectivity index (χ3v) is 9.42. The predicted molar refractivity (Wildman–Crippen MR) is 146 cm³/mol. The van der Waals surface area contributed by atoms with Gasteiger partial charge < -0.3 is 9.32 Å². The van der Waals surface area contributed by atoms with Gasteiger partial charge in [0.25, 0.3) is 5.91 Å². The van der Waals surface area contributed by atoms with Crippen LogP contribution in [0, 0.1) is 10.8 Å². The maximum atomic E-state index is 13.5. The van der Waals surface area contributed by atoms with E-state index in [9.17, 15) is 4.79 Å². The van der Waals surface area contributed by atoms with Crippen molar-refractivity contribution in [2.75, 3.05) is 6.54 Å². The number of carbonyl (C=O) groups excluding carboxylic acids is 1. The van der Waals surface area contributed by atoms with Crippen LogP contribution in [0.2, 0.25) is 5.02 Å². The minimum absolute atomic E-state index is 0.0566. The van der Waals surface area contributed by atoms with Crippen molar-refractivity contribution in [1.82, 2.24) is 24.6 Å². The van der Waals surface area contributed by atoms with E-state index in [1.54, 1.807) is 6.26 Å². The van der Waals surface area contributed by atoms with E-state index in [1.807, 2.05) is 46.3 Å². The summed E-state index contributed by atoms with van der Waals surface area (Å²) in [5.41, 5.74) is 1.86. The molecule has 3 aromatic heterocycles. The number of benzene rings is 1. The Bertz CT molecular complexity index is 1450. The van der Waals surface area contributed by atoms with E-state index in [-0.39, 0.29) is 16.7 Å². The third-order valence-electron chi connectivity index (χ3n) is 7.21. The van der Waals surface area contributed by atoms with E-state index in [1.165, 1.54) is 23.1 Å². The Kier molecular flexibility index (Phi) is 6.20. The van der Waals surface area contributed by atoms with E-state index in [2.05, 4.69) is 35.9 Å². The molecule has 6 rings (SSSR count). The number of aromatic nitrogens is 4. The van der Waals surface area contributed by atoms with Crippen LogP contribution in [0.3, 0.4) is 0 Å². The minimum atomic E-state index is 0.0566. The number of amides is 1. The Morgan fingerprint density at radius 2 is 2.08 bits per heavy atom. The minimum Gasteiger partial charge on any atom is -0.461 e. The van der Waals surface area contributed by atoms with E-state index >= 15 is 0 Å². The molecular formula is C27H28ClN5O2S2. The van der Waals surface area contributed by atoms with Crippen molar-refractivity contribution in [2.45, 2.75) is 57.0 Å². The van der Waals surface area contributed by atoms with Gasteiger partial charge in [0.15, 0.2) is 10.9 Å². The number of carbonyl (C=O) groups is 1. The van der Waals surface area contributed by atoms with Crippen molar-refractivity contribution < 1.29 is 9.21 Å². The summed E-state index contributed by atoms with van der Waals surface area (Å²) in [7, 11) is 0. The summed E-state index contributed by atoms with van der Waals surface area (Å²) in [6.07, 6.45) is 4.92. The van der Waals surface area contributed by atoms with Crippen LogP contribution in [-0.4, -0.2) is 43.1 Å². The summed E-state index contributed by atoms with van der Waals surface area (Å²) < 4.78 is 7.53. The highest BCUT2D eigenvalue weighted by Crippen LogP contribution is 2.52. The Hall–Kier alpha value is -2.62. The molecule has 0 spiro atoms. The molecule has 1 amide bonds. The lowest BCUT2D eigenvalue weighted by atomic mass is 9.65. The molecule has 4 heterocycles. The monoisotopic (exact) mass is 553 g/mol. The molecule has 2 bridgehead atoms. The molecular weight excluding hydrogens is 526 g/mol. The number of hydrogen-bond donors (Lipinski definition) is 0. The smallest absolute Gasteiger partial charge is 0.273 e. The van der Waals surface area contributed by atoms with Crippen molar-refractivity contribution in [3.05, 3.63) is 63.8 Å². The molecule has 0 radical (unpaired) electrons. The molecule has 2 atom stereocenters. The number of halogens is 1. The number of furan rings is 1. The predicted octanol–water partition coefficient (Wildman–Crippen LogP) is 6.97. The lowest BCUT2D eigenvalue weighted by Crippen LogP contribution is -2.37. The van der Waals surface area contributed by atoms with Gasteiger partial charge in [0, 0.05) is 23.0 Å². The molecule has 0 N–H and O–H groups in total. The molecule has 2 fully saturated rings. The first kappa shape index (κ1) is 24.7. The molecule has 1 saturated heterocycles. The van der Waals surface area contributed by atoms with Gasteiger partial charge in [-0.15, -0.1) is 21.5 Å². The van der Waals surface area contributed by atoms with Crippen LogP contribution in [0.5, 0.6) is 0 Å². The van der Waals surface area contributed by atoms with Crippen LogP contribution in [-0.2, 0) is 5.75 Å². The molecule has 2 aliphatic rings. The fraction of sp³-hybridized carbons (Fsp3) is 0.407. The number of thioether (sulfide) groups is 1. The molecule has 37 heavy (non-hydrogen) atoms. The van der Waals surface area contributed by atoms with Gasteiger partial charge in [-0.05, 0) is 60.4 Å². The molecule has 1 aromatic carbocycles. The Labute approximate surface area is 229 Å². The van der Waals surface area contributed by atoms with E-state index in [0.29, 0.717) is 39.3 Å². The number of hydrogen-bond acceptors (Lipinski definition) is 7. The van der Waals surface area contributed by atoms with Crippen LogP contribution in [0.1, 0.15) is 55.5 Å². The summed E-state index contributed by atoms with van der Waals surface area (Å²) in [6, 6.07) is 11.5. The zero-order valence-electron chi connectivity index (χ0n) is 21.0. The van der Waals surface area contributed by atoms with Crippen molar-refractivity contribution in [2.24, 2.45) is 10.8 Å². The highest BCUT2D eigenvalue weighted by molar-refractivity contribution is 7.98. The highest BCUT2D eigenvalue weighted by atomic mass is 35.5. The number of thiazole rings is 1. The van der Waals surface area contributed by atoms with Gasteiger partial charge in [-0.25, -0.2) is 4.98 Å². The summed E-state index contributed by atoms with van der Waals surface area (Å²) >= 11 is 9.31. The van der Waals surface area contributed by atoms with Gasteiger partial charge in [-0.3, -0.25) is 9.36 Å². The van der Waals surface area contributed by atoms with Crippen LogP contribution >= 0.6 is 34.7 Å². The fourth-order valence-corrected chi connectivity index (χ4v) is 8.15. The lowest BCUT2D eigenvalue weighted by Gasteiger charge is -2.39. The molecule has 1 saturated carbocycles. The van der Waals surface area contributed by atoms with Crippen LogP contribution < -0.4 is 0 Å². The first-order chi connectivity index (χ1) is 17.7. The highest BCUT2D eigenvalue weighted by Gasteiger charge is 2.51. The van der Waals surface area contributed by atoms with Crippen molar-refractivity contribution in [3.63, 3.8) is 0 Å². The first-order valence-corrected chi connectivity index (χ1v) is 14.6. The van der Waals surface area contributed by atoms with Gasteiger partial charge >= 0.3 is 0 Å². The molecule has 10 heteroatoms. The largest absolute Gasteiger partial charge is 0.461 e. The van der Waals surface area contributed by atoms with Gasteiger partial charge in [0.05, 0.1) is 17.7 Å². The van der Waals surface area contributed by atoms with Crippen LogP contribution in [0.4, 0.5) is 0 Å². The summed E-state index contributed by atoms with van der Waals surface area (Å²) in [4.78, 5) is 20.3. The fourth-order valence-electron chi connectivity index (χ4n) is 6.22. The Morgan fingerprint density at radius 3 is 2.86 bits per heavy atom. The van der Waals surface area contributed by atoms with Gasteiger partial charge in [0.2, 0.25) is 5.82 Å². The second kappa shape index (κ2) is 9.29. The van der Waals surface area contributed by atoms with Gasteiger partial charge in [-0.2, -0.15) is 0 Å². The third kappa shape index (κ3) is 4.84. The molecule has 4 aromatic rings. The number of nitrogens with zero attached hydrogens (tertiary/aromatic N) is 5. The summed E-state index contributed by atoms with van der Waals surface area (Å²) in [5, 5.41) is 12.9. The topological polar surface area (TPSA) is 77.0 Å². The lowest BCUT2D eigenvalue weighted by molar-refractivity contribution is 0.0703. The van der Waals surface area contributed by atoms with Gasteiger partial charge in [-0.1, -0.05) is 50.2 Å². The summed E-state index contributed by atoms with van der Waals surface area (Å²) in [5.74, 6) is 1.85. The second-order valence-corrected chi connectivity index (χ2v) is 13.5.